The molecule has 0 aliphatic carbocycles. The van der Waals surface area contributed by atoms with Gasteiger partial charge in [-0.3, -0.25) is 0 Å². The van der Waals surface area contributed by atoms with Crippen LogP contribution >= 0.6 is 0 Å². The second kappa shape index (κ2) is 22.5. The van der Waals surface area contributed by atoms with Crippen LogP contribution in [0.1, 0.15) is 152 Å². The van der Waals surface area contributed by atoms with Gasteiger partial charge in [0.15, 0.2) is 0 Å². The summed E-state index contributed by atoms with van der Waals surface area (Å²) in [5.74, 6) is 1.21. The van der Waals surface area contributed by atoms with E-state index >= 15 is 0 Å². The van der Waals surface area contributed by atoms with Gasteiger partial charge < -0.3 is 0 Å². The molecule has 1 aliphatic rings. The minimum Gasteiger partial charge on any atom is -0.0776 e. The van der Waals surface area contributed by atoms with Crippen molar-refractivity contribution >= 4 is 23.1 Å². The third-order valence-electron chi connectivity index (χ3n) is 14.8. The Labute approximate surface area is 419 Å². The maximum atomic E-state index is 2.42. The van der Waals surface area contributed by atoms with Crippen molar-refractivity contribution in [2.45, 2.75) is 135 Å². The van der Waals surface area contributed by atoms with Gasteiger partial charge in [0.05, 0.1) is 0 Å². The molecule has 69 heavy (non-hydrogen) atoms. The van der Waals surface area contributed by atoms with E-state index < -0.39 is 0 Å². The second-order valence-electron chi connectivity index (χ2n) is 20.5. The molecule has 0 saturated heterocycles. The summed E-state index contributed by atoms with van der Waals surface area (Å²) in [7, 11) is 0. The topological polar surface area (TPSA) is 0 Å². The zero-order valence-electron chi connectivity index (χ0n) is 42.4. The summed E-state index contributed by atoms with van der Waals surface area (Å²) < 4.78 is 0. The van der Waals surface area contributed by atoms with Crippen molar-refractivity contribution < 1.29 is 0 Å². The van der Waals surface area contributed by atoms with Gasteiger partial charge in [-0.05, 0) is 168 Å². The Hall–Kier alpha value is -6.18. The van der Waals surface area contributed by atoms with Crippen molar-refractivity contribution in [2.75, 3.05) is 0 Å². The molecule has 0 nitrogen and oxygen atoms in total. The van der Waals surface area contributed by atoms with E-state index in [0.717, 1.165) is 19.3 Å². The van der Waals surface area contributed by atoms with E-state index in [9.17, 15) is 0 Å². The van der Waals surface area contributed by atoms with Gasteiger partial charge in [-0.1, -0.05) is 235 Å². The Bertz CT molecular complexity index is 2890. The van der Waals surface area contributed by atoms with Crippen LogP contribution in [0.15, 0.2) is 158 Å². The molecule has 8 aromatic carbocycles. The lowest BCUT2D eigenvalue weighted by Crippen LogP contribution is -2.58. The molecule has 0 radical (unpaired) electrons. The van der Waals surface area contributed by atoms with E-state index in [-0.39, 0.29) is 21.6 Å². The van der Waals surface area contributed by atoms with E-state index in [4.69, 9.17) is 0 Å². The van der Waals surface area contributed by atoms with Crippen LogP contribution in [0.3, 0.4) is 0 Å². The lowest BCUT2D eigenvalue weighted by molar-refractivity contribution is 0.617. The molecule has 1 aliphatic heterocycles. The van der Waals surface area contributed by atoms with Gasteiger partial charge >= 0.3 is 0 Å². The minimum absolute atomic E-state index is 0. The summed E-state index contributed by atoms with van der Waals surface area (Å²) in [4.78, 5) is 0. The number of fused-ring (bicyclic) bond motifs is 2. The third-order valence-corrected chi connectivity index (χ3v) is 14.8. The molecule has 9 rings (SSSR count). The monoisotopic (exact) mass is 907 g/mol. The lowest BCUT2D eigenvalue weighted by Gasteiger charge is -2.31. The van der Waals surface area contributed by atoms with Crippen molar-refractivity contribution in [3.63, 3.8) is 0 Å². The highest BCUT2D eigenvalue weighted by Gasteiger charge is 2.34. The van der Waals surface area contributed by atoms with E-state index in [1.165, 1.54) is 122 Å². The van der Waals surface area contributed by atoms with E-state index in [1.54, 1.807) is 0 Å². The maximum Gasteiger partial charge on any atom is 0.242 e. The first-order valence-corrected chi connectivity index (χ1v) is 24.8. The molecule has 0 fully saturated rings. The maximum absolute atomic E-state index is 2.42. The summed E-state index contributed by atoms with van der Waals surface area (Å²) in [5, 5.41) is 0. The van der Waals surface area contributed by atoms with Crippen LogP contribution in [0.2, 0.25) is 0 Å². The Morgan fingerprint density at radius 2 is 0.783 bits per heavy atom. The molecule has 354 valence electrons. The molecule has 8 aromatic rings. The molecule has 0 N–H and O–H groups in total. The molecule has 0 aromatic heterocycles. The summed E-state index contributed by atoms with van der Waals surface area (Å²) in [6.07, 6.45) is 3.16. The molecule has 3 unspecified atom stereocenters. The highest BCUT2D eigenvalue weighted by molar-refractivity contribution is 6.97. The summed E-state index contributed by atoms with van der Waals surface area (Å²) in [5.41, 5.74) is 31.2. The first-order chi connectivity index (χ1) is 32.1. The van der Waals surface area contributed by atoms with Crippen LogP contribution in [0, 0.1) is 76.2 Å². The van der Waals surface area contributed by atoms with Gasteiger partial charge in [0.2, 0.25) is 6.71 Å². The van der Waals surface area contributed by atoms with Crippen molar-refractivity contribution in [3.05, 3.63) is 263 Å². The SMILES string of the molecule is C.C.Cc1cc(C)c2c(c1)Cc1cc(C)cc(C)c1B2c1ccc(C(CC(C)c2ccccc2)c2ccccc2)cc1.Cc1ccc(C(Cc2c(C)cc(C)cc2C)c2c(C)cc(C)cc2C)cc1. The van der Waals surface area contributed by atoms with Crippen LogP contribution in [0.4, 0.5) is 0 Å². The largest absolute Gasteiger partial charge is 0.242 e. The summed E-state index contributed by atoms with van der Waals surface area (Å²) in [6.45, 7) is 27.3. The highest BCUT2D eigenvalue weighted by atomic mass is 14.3. The van der Waals surface area contributed by atoms with Crippen LogP contribution in [0.5, 0.6) is 0 Å². The predicted molar refractivity (Wildman–Crippen MR) is 305 cm³/mol. The van der Waals surface area contributed by atoms with E-state index in [2.05, 4.69) is 241 Å². The Morgan fingerprint density at radius 1 is 0.391 bits per heavy atom. The van der Waals surface area contributed by atoms with Crippen molar-refractivity contribution in [2.24, 2.45) is 0 Å². The summed E-state index contributed by atoms with van der Waals surface area (Å²) >= 11 is 0. The predicted octanol–water partition coefficient (Wildman–Crippen LogP) is 16.2. The Kier molecular flexibility index (Phi) is 17.0. The zero-order chi connectivity index (χ0) is 47.5. The number of hydrogen-bond acceptors (Lipinski definition) is 0. The molecule has 0 spiro atoms. The average Bonchev–Trinajstić information content (AvgIpc) is 3.28. The molecular weight excluding hydrogens is 828 g/mol. The van der Waals surface area contributed by atoms with Gasteiger partial charge in [-0.15, -0.1) is 0 Å². The average molecular weight is 907 g/mol. The van der Waals surface area contributed by atoms with Gasteiger partial charge in [0, 0.05) is 11.8 Å². The van der Waals surface area contributed by atoms with Gasteiger partial charge in [-0.2, -0.15) is 0 Å². The number of benzene rings is 8. The molecule has 3 atom stereocenters. The number of hydrogen-bond donors (Lipinski definition) is 0. The van der Waals surface area contributed by atoms with E-state index in [1.807, 2.05) is 0 Å². The second-order valence-corrected chi connectivity index (χ2v) is 20.5. The van der Waals surface area contributed by atoms with Crippen molar-refractivity contribution in [1.82, 2.24) is 0 Å². The van der Waals surface area contributed by atoms with Gasteiger partial charge in [0.1, 0.15) is 0 Å². The smallest absolute Gasteiger partial charge is 0.0776 e. The number of aryl methyl sites for hydroxylation is 11. The fourth-order valence-electron chi connectivity index (χ4n) is 11.9. The highest BCUT2D eigenvalue weighted by Crippen LogP contribution is 2.37. The molecule has 1 heteroatoms. The van der Waals surface area contributed by atoms with Crippen molar-refractivity contribution in [1.29, 1.82) is 0 Å². The zero-order valence-corrected chi connectivity index (χ0v) is 42.4. The molecular formula is C68H79B. The fourth-order valence-corrected chi connectivity index (χ4v) is 11.9. The Balaban J connectivity index is 0.000000237. The first kappa shape index (κ1) is 52.2. The third kappa shape index (κ3) is 11.6. The Morgan fingerprint density at radius 3 is 1.28 bits per heavy atom. The number of rotatable bonds is 10. The van der Waals surface area contributed by atoms with Crippen LogP contribution in [-0.2, 0) is 12.8 Å². The van der Waals surface area contributed by atoms with Crippen molar-refractivity contribution in [3.8, 4) is 0 Å². The minimum atomic E-state index is 0. The quantitative estimate of drug-likeness (QED) is 0.120. The summed E-state index contributed by atoms with van der Waals surface area (Å²) in [6, 6.07) is 59.7. The molecule has 1 heterocycles. The molecule has 0 bridgehead atoms. The first-order valence-electron chi connectivity index (χ1n) is 24.8. The standard InChI is InChI=1S/C39H39B.C27H32.2CH4/c1-26-20-29(4)38-34(22-26)25-35-23-27(2)21-30(5)39(35)40(38)36-18-16-33(17-19-36)37(32-14-10-7-11-15-32)24-28(3)31-12-8-6-9-13-31;1-17-8-10-24(11-9-17)26(27-22(6)14-19(3)15-23(27)7)16-25-20(4)12-18(2)13-21(25)5;;/h6-23,28,37H,24-25H2,1-5H3;8-15,26H,16H2,1-7H3;2*1H4. The van der Waals surface area contributed by atoms with Crippen LogP contribution < -0.4 is 16.4 Å². The van der Waals surface area contributed by atoms with Gasteiger partial charge in [-0.25, -0.2) is 0 Å². The molecule has 0 amide bonds. The van der Waals surface area contributed by atoms with Crippen LogP contribution in [0.25, 0.3) is 0 Å². The fraction of sp³-hybridized carbons (Fsp3) is 0.294. The van der Waals surface area contributed by atoms with E-state index in [0.29, 0.717) is 17.8 Å². The normalized spacial score (nSPS) is 12.8. The molecule has 0 saturated carbocycles. The lowest BCUT2D eigenvalue weighted by atomic mass is 9.32. The van der Waals surface area contributed by atoms with Crippen LogP contribution in [-0.4, -0.2) is 6.71 Å². The van der Waals surface area contributed by atoms with Gasteiger partial charge in [0.25, 0.3) is 0 Å².